The third kappa shape index (κ3) is 5.04. The van der Waals surface area contributed by atoms with Crippen LogP contribution < -0.4 is 5.32 Å². The molecule has 0 unspecified atom stereocenters. The minimum atomic E-state index is -0.340. The SMILES string of the molecule is O=C(CCC1CCNCC1)N1CCN(C(=O)Cc2ccccc2F)CC1. The van der Waals surface area contributed by atoms with Gasteiger partial charge in [0.2, 0.25) is 11.8 Å². The Bertz CT molecular complexity index is 623. The van der Waals surface area contributed by atoms with Crippen molar-refractivity contribution in [2.45, 2.75) is 32.1 Å². The minimum absolute atomic E-state index is 0.0723. The van der Waals surface area contributed by atoms with E-state index in [-0.39, 0.29) is 24.1 Å². The van der Waals surface area contributed by atoms with Crippen LogP contribution in [-0.4, -0.2) is 60.9 Å². The number of nitrogens with one attached hydrogen (secondary N) is 1. The van der Waals surface area contributed by atoms with Gasteiger partial charge in [0, 0.05) is 32.6 Å². The Morgan fingerprint density at radius 1 is 1.00 bits per heavy atom. The largest absolute Gasteiger partial charge is 0.339 e. The second-order valence-electron chi connectivity index (χ2n) is 7.26. The third-order valence-corrected chi connectivity index (χ3v) is 5.51. The van der Waals surface area contributed by atoms with Crippen LogP contribution in [0, 0.1) is 11.7 Å². The van der Waals surface area contributed by atoms with Crippen molar-refractivity contribution in [3.63, 3.8) is 0 Å². The second kappa shape index (κ2) is 9.12. The Hall–Kier alpha value is -1.95. The molecule has 2 amide bonds. The van der Waals surface area contributed by atoms with E-state index in [1.54, 1.807) is 23.1 Å². The van der Waals surface area contributed by atoms with Gasteiger partial charge in [-0.05, 0) is 49.9 Å². The summed E-state index contributed by atoms with van der Waals surface area (Å²) >= 11 is 0. The van der Waals surface area contributed by atoms with Crippen LogP contribution >= 0.6 is 0 Å². The van der Waals surface area contributed by atoms with Crippen LogP contribution in [0.15, 0.2) is 24.3 Å². The van der Waals surface area contributed by atoms with E-state index in [2.05, 4.69) is 5.32 Å². The number of piperidine rings is 1. The first-order chi connectivity index (χ1) is 12.6. The van der Waals surface area contributed by atoms with Gasteiger partial charge in [-0.1, -0.05) is 18.2 Å². The predicted molar refractivity (Wildman–Crippen MR) is 98.1 cm³/mol. The van der Waals surface area contributed by atoms with Crippen molar-refractivity contribution in [1.29, 1.82) is 0 Å². The van der Waals surface area contributed by atoms with Gasteiger partial charge in [0.05, 0.1) is 6.42 Å². The molecule has 0 aromatic heterocycles. The fourth-order valence-electron chi connectivity index (χ4n) is 3.78. The summed E-state index contributed by atoms with van der Waals surface area (Å²) in [7, 11) is 0. The quantitative estimate of drug-likeness (QED) is 0.870. The molecule has 0 bridgehead atoms. The van der Waals surface area contributed by atoms with E-state index < -0.39 is 0 Å². The summed E-state index contributed by atoms with van der Waals surface area (Å²) in [6.45, 7) is 4.34. The zero-order valence-corrected chi connectivity index (χ0v) is 15.3. The fraction of sp³-hybridized carbons (Fsp3) is 0.600. The lowest BCUT2D eigenvalue weighted by Crippen LogP contribution is -2.51. The summed E-state index contributed by atoms with van der Waals surface area (Å²) in [6, 6.07) is 6.39. The van der Waals surface area contributed by atoms with Gasteiger partial charge in [0.25, 0.3) is 0 Å². The fourth-order valence-corrected chi connectivity index (χ4v) is 3.78. The predicted octanol–water partition coefficient (Wildman–Crippen LogP) is 1.82. The Labute approximate surface area is 154 Å². The number of hydrogen-bond acceptors (Lipinski definition) is 3. The van der Waals surface area contributed by atoms with Gasteiger partial charge >= 0.3 is 0 Å². The maximum Gasteiger partial charge on any atom is 0.227 e. The summed E-state index contributed by atoms with van der Waals surface area (Å²) in [4.78, 5) is 28.4. The van der Waals surface area contributed by atoms with Gasteiger partial charge in [0.1, 0.15) is 5.82 Å². The topological polar surface area (TPSA) is 52.7 Å². The van der Waals surface area contributed by atoms with E-state index in [9.17, 15) is 14.0 Å². The molecule has 0 saturated carbocycles. The average molecular weight is 361 g/mol. The standard InChI is InChI=1S/C20H28FN3O2/c21-18-4-2-1-3-17(18)15-20(26)24-13-11-23(12-14-24)19(25)6-5-16-7-9-22-10-8-16/h1-4,16,22H,5-15H2. The van der Waals surface area contributed by atoms with Crippen LogP contribution in [0.4, 0.5) is 4.39 Å². The van der Waals surface area contributed by atoms with Crippen LogP contribution in [0.3, 0.4) is 0 Å². The number of nitrogens with zero attached hydrogens (tertiary/aromatic N) is 2. The van der Waals surface area contributed by atoms with E-state index >= 15 is 0 Å². The number of carbonyl (C=O) groups excluding carboxylic acids is 2. The molecule has 0 spiro atoms. The summed E-state index contributed by atoms with van der Waals surface area (Å²) < 4.78 is 13.7. The molecular weight excluding hydrogens is 333 g/mol. The van der Waals surface area contributed by atoms with Gasteiger partial charge < -0.3 is 15.1 Å². The maximum absolute atomic E-state index is 13.7. The van der Waals surface area contributed by atoms with Crippen LogP contribution in [0.2, 0.25) is 0 Å². The van der Waals surface area contributed by atoms with Crippen LogP contribution in [0.5, 0.6) is 0 Å². The molecule has 2 aliphatic heterocycles. The molecule has 3 rings (SSSR count). The van der Waals surface area contributed by atoms with Gasteiger partial charge in [0.15, 0.2) is 0 Å². The Balaban J connectivity index is 1.41. The van der Waals surface area contributed by atoms with Crippen molar-refractivity contribution in [2.24, 2.45) is 5.92 Å². The van der Waals surface area contributed by atoms with Crippen LogP contribution in [0.1, 0.15) is 31.2 Å². The van der Waals surface area contributed by atoms with Crippen molar-refractivity contribution >= 4 is 11.8 Å². The number of benzene rings is 1. The highest BCUT2D eigenvalue weighted by atomic mass is 19.1. The molecule has 5 nitrogen and oxygen atoms in total. The van der Waals surface area contributed by atoms with Gasteiger partial charge in [-0.3, -0.25) is 9.59 Å². The first-order valence-corrected chi connectivity index (χ1v) is 9.63. The number of amides is 2. The number of rotatable bonds is 5. The monoisotopic (exact) mass is 361 g/mol. The van der Waals surface area contributed by atoms with Crippen molar-refractivity contribution < 1.29 is 14.0 Å². The molecule has 26 heavy (non-hydrogen) atoms. The summed E-state index contributed by atoms with van der Waals surface area (Å²) in [5.41, 5.74) is 0.429. The van der Waals surface area contributed by atoms with Crippen molar-refractivity contribution in [3.8, 4) is 0 Å². The van der Waals surface area contributed by atoms with E-state index in [1.165, 1.54) is 6.07 Å². The molecule has 1 aromatic rings. The molecule has 2 heterocycles. The number of piperazine rings is 1. The van der Waals surface area contributed by atoms with Gasteiger partial charge in [-0.25, -0.2) is 4.39 Å². The first kappa shape index (κ1) is 18.8. The van der Waals surface area contributed by atoms with Crippen LogP contribution in [0.25, 0.3) is 0 Å². The second-order valence-corrected chi connectivity index (χ2v) is 7.26. The summed E-state index contributed by atoms with van der Waals surface area (Å²) in [5.74, 6) is 0.443. The molecule has 0 atom stereocenters. The average Bonchev–Trinajstić information content (AvgIpc) is 2.69. The van der Waals surface area contributed by atoms with Gasteiger partial charge in [-0.15, -0.1) is 0 Å². The van der Waals surface area contributed by atoms with Gasteiger partial charge in [-0.2, -0.15) is 0 Å². The smallest absolute Gasteiger partial charge is 0.227 e. The highest BCUT2D eigenvalue weighted by Crippen LogP contribution is 2.19. The third-order valence-electron chi connectivity index (χ3n) is 5.51. The molecule has 2 saturated heterocycles. The molecule has 0 aliphatic carbocycles. The Morgan fingerprint density at radius 2 is 1.62 bits per heavy atom. The minimum Gasteiger partial charge on any atom is -0.339 e. The summed E-state index contributed by atoms with van der Waals surface area (Å²) in [6.07, 6.45) is 3.97. The molecule has 1 N–H and O–H groups in total. The van der Waals surface area contributed by atoms with Crippen LogP contribution in [-0.2, 0) is 16.0 Å². The molecule has 2 fully saturated rings. The highest BCUT2D eigenvalue weighted by molar-refractivity contribution is 5.80. The molecular formula is C20H28FN3O2. The van der Waals surface area contributed by atoms with Crippen molar-refractivity contribution in [2.75, 3.05) is 39.3 Å². The lowest BCUT2D eigenvalue weighted by atomic mass is 9.93. The lowest BCUT2D eigenvalue weighted by molar-refractivity contribution is -0.139. The highest BCUT2D eigenvalue weighted by Gasteiger charge is 2.25. The van der Waals surface area contributed by atoms with Crippen molar-refractivity contribution in [3.05, 3.63) is 35.6 Å². The molecule has 0 radical (unpaired) electrons. The Morgan fingerprint density at radius 3 is 2.27 bits per heavy atom. The number of halogens is 1. The maximum atomic E-state index is 13.7. The zero-order chi connectivity index (χ0) is 18.4. The van der Waals surface area contributed by atoms with E-state index in [4.69, 9.17) is 0 Å². The first-order valence-electron chi connectivity index (χ1n) is 9.63. The number of carbonyl (C=O) groups is 2. The lowest BCUT2D eigenvalue weighted by Gasteiger charge is -2.35. The molecule has 142 valence electrons. The normalized spacial score (nSPS) is 18.8. The van der Waals surface area contributed by atoms with E-state index in [1.807, 2.05) is 4.90 Å². The molecule has 6 heteroatoms. The zero-order valence-electron chi connectivity index (χ0n) is 15.3. The van der Waals surface area contributed by atoms with E-state index in [0.717, 1.165) is 32.4 Å². The Kier molecular flexibility index (Phi) is 6.61. The molecule has 1 aromatic carbocycles. The van der Waals surface area contributed by atoms with E-state index in [0.29, 0.717) is 44.1 Å². The number of hydrogen-bond donors (Lipinski definition) is 1. The van der Waals surface area contributed by atoms with Crippen molar-refractivity contribution in [1.82, 2.24) is 15.1 Å². The molecule has 2 aliphatic rings. The summed E-state index contributed by atoms with van der Waals surface area (Å²) in [5, 5.41) is 3.35.